The van der Waals surface area contributed by atoms with Crippen molar-refractivity contribution in [2.75, 3.05) is 0 Å². The van der Waals surface area contributed by atoms with Gasteiger partial charge in [0.1, 0.15) is 11.9 Å². The van der Waals surface area contributed by atoms with Crippen LogP contribution in [0.5, 0.6) is 0 Å². The molecule has 2 atom stereocenters. The first-order valence-corrected chi connectivity index (χ1v) is 11.9. The molecule has 166 valence electrons. The number of carbonyl (C=O) groups is 1. The number of carbonyl (C=O) groups excluding carboxylic acids is 1. The van der Waals surface area contributed by atoms with E-state index in [0.717, 1.165) is 9.87 Å². The normalized spacial score (nSPS) is 18.3. The van der Waals surface area contributed by atoms with Crippen molar-refractivity contribution in [2.45, 2.75) is 23.8 Å². The smallest absolute Gasteiger partial charge is 0.266 e. The molecule has 6 nitrogen and oxygen atoms in total. The van der Waals surface area contributed by atoms with Crippen molar-refractivity contribution in [3.63, 3.8) is 0 Å². The number of hydrogen-bond acceptors (Lipinski definition) is 5. The summed E-state index contributed by atoms with van der Waals surface area (Å²) in [6, 6.07) is 22.0. The molecule has 1 heterocycles. The Morgan fingerprint density at radius 2 is 1.61 bits per heavy atom. The minimum Gasteiger partial charge on any atom is -0.384 e. The lowest BCUT2D eigenvalue weighted by atomic mass is 9.84. The molecule has 1 aliphatic heterocycles. The number of rotatable bonds is 5. The van der Waals surface area contributed by atoms with Crippen molar-refractivity contribution >= 4 is 27.4 Å². The Bertz CT molecular complexity index is 1380. The second-order valence-electron chi connectivity index (χ2n) is 7.73. The van der Waals surface area contributed by atoms with Crippen LogP contribution in [0.3, 0.4) is 0 Å². The zero-order chi connectivity index (χ0) is 23.8. The number of sulfonamides is 1. The van der Waals surface area contributed by atoms with E-state index < -0.39 is 27.8 Å². The van der Waals surface area contributed by atoms with E-state index >= 15 is 0 Å². The number of nitriles is 1. The summed E-state index contributed by atoms with van der Waals surface area (Å²) in [6.45, 7) is 1.84. The highest BCUT2D eigenvalue weighted by atomic mass is 35.5. The van der Waals surface area contributed by atoms with Crippen LogP contribution in [0.1, 0.15) is 27.4 Å². The first-order valence-electron chi connectivity index (χ1n) is 10.1. The van der Waals surface area contributed by atoms with Crippen LogP contribution in [-0.2, 0) is 10.0 Å². The first-order chi connectivity index (χ1) is 15.8. The molecule has 0 bridgehead atoms. The standard InChI is InChI=1S/C25H20ClN3O3S/c1-16-7-13-20(14-8-16)33(31,32)29-23(24(30)18-5-3-2-4-6-18)22(21(15-27)25(29)28)17-9-11-19(26)12-10-17/h2-14,22-23H,28H2,1H3/t22-,23+/m0/s1. The van der Waals surface area contributed by atoms with Gasteiger partial charge in [0.25, 0.3) is 10.0 Å². The summed E-state index contributed by atoms with van der Waals surface area (Å²) in [7, 11) is -4.25. The molecule has 0 spiro atoms. The number of benzene rings is 3. The Morgan fingerprint density at radius 1 is 1.00 bits per heavy atom. The molecule has 0 unspecified atom stereocenters. The van der Waals surface area contributed by atoms with Gasteiger partial charge in [0.2, 0.25) is 0 Å². The Labute approximate surface area is 197 Å². The van der Waals surface area contributed by atoms with Crippen LogP contribution >= 0.6 is 11.6 Å². The molecule has 0 saturated heterocycles. The highest BCUT2D eigenvalue weighted by Crippen LogP contribution is 2.43. The molecule has 0 saturated carbocycles. The number of aryl methyl sites for hydroxylation is 1. The van der Waals surface area contributed by atoms with Gasteiger partial charge >= 0.3 is 0 Å². The van der Waals surface area contributed by atoms with Gasteiger partial charge in [0.15, 0.2) is 5.78 Å². The average molecular weight is 478 g/mol. The fourth-order valence-electron chi connectivity index (χ4n) is 4.00. The summed E-state index contributed by atoms with van der Waals surface area (Å²) < 4.78 is 28.3. The van der Waals surface area contributed by atoms with Crippen molar-refractivity contribution in [1.29, 1.82) is 5.26 Å². The molecular weight excluding hydrogens is 458 g/mol. The van der Waals surface area contributed by atoms with E-state index in [4.69, 9.17) is 17.3 Å². The van der Waals surface area contributed by atoms with Gasteiger partial charge in [0.05, 0.1) is 22.5 Å². The molecule has 33 heavy (non-hydrogen) atoms. The largest absolute Gasteiger partial charge is 0.384 e. The zero-order valence-corrected chi connectivity index (χ0v) is 19.2. The molecule has 0 fully saturated rings. The van der Waals surface area contributed by atoms with Crippen LogP contribution in [-0.4, -0.2) is 24.5 Å². The molecule has 1 aliphatic rings. The summed E-state index contributed by atoms with van der Waals surface area (Å²) in [5.41, 5.74) is 8.06. The third kappa shape index (κ3) is 3.99. The summed E-state index contributed by atoms with van der Waals surface area (Å²) in [5, 5.41) is 10.4. The van der Waals surface area contributed by atoms with Crippen molar-refractivity contribution in [2.24, 2.45) is 5.73 Å². The lowest BCUT2D eigenvalue weighted by Gasteiger charge is -2.29. The van der Waals surface area contributed by atoms with E-state index in [1.807, 2.05) is 13.0 Å². The maximum atomic E-state index is 13.7. The van der Waals surface area contributed by atoms with Gasteiger partial charge in [-0.05, 0) is 36.8 Å². The van der Waals surface area contributed by atoms with Gasteiger partial charge < -0.3 is 5.73 Å². The number of halogens is 1. The van der Waals surface area contributed by atoms with Gasteiger partial charge in [-0.25, -0.2) is 12.7 Å². The molecule has 3 aromatic carbocycles. The SMILES string of the molecule is Cc1ccc(S(=O)(=O)N2C(N)=C(C#N)[C@H](c3ccc(Cl)cc3)[C@@H]2C(=O)c2ccccc2)cc1. The fourth-order valence-corrected chi connectivity index (χ4v) is 5.71. The summed E-state index contributed by atoms with van der Waals surface area (Å²) in [4.78, 5) is 13.7. The van der Waals surface area contributed by atoms with Gasteiger partial charge in [-0.15, -0.1) is 0 Å². The van der Waals surface area contributed by atoms with E-state index in [0.29, 0.717) is 16.1 Å². The van der Waals surface area contributed by atoms with Crippen LogP contribution in [0.4, 0.5) is 0 Å². The van der Waals surface area contributed by atoms with E-state index in [1.165, 1.54) is 12.1 Å². The van der Waals surface area contributed by atoms with Gasteiger partial charge in [0, 0.05) is 10.6 Å². The van der Waals surface area contributed by atoms with E-state index in [2.05, 4.69) is 0 Å². The van der Waals surface area contributed by atoms with Gasteiger partial charge in [-0.1, -0.05) is 71.8 Å². The van der Waals surface area contributed by atoms with Crippen LogP contribution in [0, 0.1) is 18.3 Å². The molecule has 0 radical (unpaired) electrons. The predicted molar refractivity (Wildman–Crippen MR) is 126 cm³/mol. The number of Topliss-reactive ketones (excluding diaryl/α,β-unsaturated/α-hetero) is 1. The number of nitrogens with zero attached hydrogens (tertiary/aromatic N) is 2. The highest BCUT2D eigenvalue weighted by Gasteiger charge is 2.50. The van der Waals surface area contributed by atoms with Crippen LogP contribution in [0.15, 0.2) is 95.2 Å². The van der Waals surface area contributed by atoms with Gasteiger partial charge in [-0.2, -0.15) is 5.26 Å². The Morgan fingerprint density at radius 3 is 2.18 bits per heavy atom. The minimum absolute atomic E-state index is 0.0160. The Kier molecular flexibility index (Phi) is 5.98. The zero-order valence-electron chi connectivity index (χ0n) is 17.6. The van der Waals surface area contributed by atoms with Crippen LogP contribution in [0.25, 0.3) is 0 Å². The maximum Gasteiger partial charge on any atom is 0.266 e. The van der Waals surface area contributed by atoms with Gasteiger partial charge in [-0.3, -0.25) is 4.79 Å². The Balaban J connectivity index is 1.94. The third-order valence-electron chi connectivity index (χ3n) is 5.65. The molecule has 0 aromatic heterocycles. The molecule has 3 aromatic rings. The Hall–Kier alpha value is -3.60. The lowest BCUT2D eigenvalue weighted by Crippen LogP contribution is -2.45. The number of nitrogens with two attached hydrogens (primary N) is 1. The fraction of sp³-hybridized carbons (Fsp3) is 0.120. The van der Waals surface area contributed by atoms with Crippen molar-refractivity contribution in [3.8, 4) is 6.07 Å². The van der Waals surface area contributed by atoms with Crippen LogP contribution in [0.2, 0.25) is 5.02 Å². The summed E-state index contributed by atoms with van der Waals surface area (Å²) in [5.74, 6) is -1.60. The number of ketones is 1. The number of hydrogen-bond donors (Lipinski definition) is 1. The monoisotopic (exact) mass is 477 g/mol. The predicted octanol–water partition coefficient (Wildman–Crippen LogP) is 4.38. The average Bonchev–Trinajstić information content (AvgIpc) is 3.12. The highest BCUT2D eigenvalue weighted by molar-refractivity contribution is 7.89. The molecular formula is C25H20ClN3O3S. The molecule has 2 N–H and O–H groups in total. The quantitative estimate of drug-likeness (QED) is 0.549. The van der Waals surface area contributed by atoms with E-state index in [1.54, 1.807) is 66.7 Å². The van der Waals surface area contributed by atoms with Crippen LogP contribution < -0.4 is 5.73 Å². The second-order valence-corrected chi connectivity index (χ2v) is 9.98. The van der Waals surface area contributed by atoms with E-state index in [9.17, 15) is 18.5 Å². The third-order valence-corrected chi connectivity index (χ3v) is 7.71. The van der Waals surface area contributed by atoms with Crippen molar-refractivity contribution in [1.82, 2.24) is 4.31 Å². The summed E-state index contributed by atoms with van der Waals surface area (Å²) >= 11 is 6.03. The summed E-state index contributed by atoms with van der Waals surface area (Å²) in [6.07, 6.45) is 0. The first kappa shape index (κ1) is 22.6. The van der Waals surface area contributed by atoms with E-state index in [-0.39, 0.29) is 16.3 Å². The second kappa shape index (κ2) is 8.74. The minimum atomic E-state index is -4.25. The lowest BCUT2D eigenvalue weighted by molar-refractivity contribution is 0.0910. The molecule has 0 amide bonds. The van der Waals surface area contributed by atoms with Crippen molar-refractivity contribution < 1.29 is 13.2 Å². The molecule has 0 aliphatic carbocycles. The molecule has 4 rings (SSSR count). The van der Waals surface area contributed by atoms with Crippen molar-refractivity contribution in [3.05, 3.63) is 112 Å². The topological polar surface area (TPSA) is 104 Å². The molecule has 8 heteroatoms. The maximum absolute atomic E-state index is 13.7.